The van der Waals surface area contributed by atoms with Crippen molar-refractivity contribution in [3.8, 4) is 0 Å². The van der Waals surface area contributed by atoms with E-state index in [1.165, 1.54) is 0 Å². The summed E-state index contributed by atoms with van der Waals surface area (Å²) >= 11 is 0. The van der Waals surface area contributed by atoms with E-state index in [4.69, 9.17) is 0 Å². The molecule has 2 unspecified atom stereocenters. The molecule has 0 fully saturated rings. The summed E-state index contributed by atoms with van der Waals surface area (Å²) in [6.45, 7) is 3.99. The Balaban J connectivity index is 0.00000208. The first-order chi connectivity index (χ1) is 11.4. The lowest BCUT2D eigenvalue weighted by Crippen LogP contribution is -2.33. The van der Waals surface area contributed by atoms with Crippen molar-refractivity contribution >= 4 is 11.4 Å². The highest BCUT2D eigenvalue weighted by atomic mass is 15.2. The predicted octanol–water partition coefficient (Wildman–Crippen LogP) is 4.85. The summed E-state index contributed by atoms with van der Waals surface area (Å²) in [5, 5.41) is 3.30. The van der Waals surface area contributed by atoms with E-state index in [1.807, 2.05) is 42.7 Å². The normalized spacial score (nSPS) is 20.6. The Kier molecular flexibility index (Phi) is 4.89. The van der Waals surface area contributed by atoms with Crippen LogP contribution in [0.5, 0.6) is 0 Å². The topological polar surface area (TPSA) is 28.2 Å². The number of aromatic nitrogens is 1. The molecule has 0 radical (unpaired) electrons. The number of anilines is 2. The summed E-state index contributed by atoms with van der Waals surface area (Å²) in [7, 11) is 0. The summed E-state index contributed by atoms with van der Waals surface area (Å²) in [6.07, 6.45) is 15.2. The van der Waals surface area contributed by atoms with Crippen molar-refractivity contribution in [3.05, 3.63) is 92.1 Å². The summed E-state index contributed by atoms with van der Waals surface area (Å²) in [5.41, 5.74) is 2.19. The van der Waals surface area contributed by atoms with Gasteiger partial charge < -0.3 is 10.2 Å². The lowest BCUT2D eigenvalue weighted by molar-refractivity contribution is 0.596. The van der Waals surface area contributed by atoms with E-state index in [1.54, 1.807) is 6.20 Å². The van der Waals surface area contributed by atoms with Crippen LogP contribution >= 0.6 is 0 Å². The molecular formula is C20H23N3. The summed E-state index contributed by atoms with van der Waals surface area (Å²) in [5.74, 6) is 0.391. The van der Waals surface area contributed by atoms with Crippen molar-refractivity contribution in [2.45, 2.75) is 12.5 Å². The minimum atomic E-state index is 0. The van der Waals surface area contributed by atoms with Crippen molar-refractivity contribution in [1.82, 2.24) is 4.98 Å². The zero-order chi connectivity index (χ0) is 15.9. The third kappa shape index (κ3) is 3.89. The molecule has 23 heavy (non-hydrogen) atoms. The van der Waals surface area contributed by atoms with Gasteiger partial charge >= 0.3 is 0 Å². The molecule has 0 spiro atoms. The van der Waals surface area contributed by atoms with Gasteiger partial charge in [0, 0.05) is 25.4 Å². The molecule has 3 rings (SSSR count). The van der Waals surface area contributed by atoms with Crippen LogP contribution in [0, 0.1) is 5.92 Å². The Bertz CT molecular complexity index is 683. The number of para-hydroxylation sites is 1. The van der Waals surface area contributed by atoms with Crippen molar-refractivity contribution in [3.63, 3.8) is 0 Å². The number of hydrogen-bond donors (Lipinski definition) is 1. The van der Waals surface area contributed by atoms with E-state index >= 15 is 0 Å². The molecule has 118 valence electrons. The second-order valence-corrected chi connectivity index (χ2v) is 5.53. The smallest absolute Gasteiger partial charge is 0.0598 e. The van der Waals surface area contributed by atoms with Crippen LogP contribution in [0.25, 0.3) is 0 Å². The summed E-state index contributed by atoms with van der Waals surface area (Å²) < 4.78 is 0. The van der Waals surface area contributed by atoms with Gasteiger partial charge in [0.15, 0.2) is 0 Å². The lowest BCUT2D eigenvalue weighted by atomic mass is 9.95. The molecule has 0 bridgehead atoms. The first-order valence-corrected chi connectivity index (χ1v) is 7.84. The molecule has 2 atom stereocenters. The monoisotopic (exact) mass is 305 g/mol. The molecule has 3 nitrogen and oxygen atoms in total. The number of allylic oxidation sites excluding steroid dienone is 2. The van der Waals surface area contributed by atoms with Crippen molar-refractivity contribution in [2.24, 2.45) is 5.92 Å². The second kappa shape index (κ2) is 7.45. The largest absolute Gasteiger partial charge is 0.362 e. The van der Waals surface area contributed by atoms with Gasteiger partial charge in [-0.05, 0) is 36.9 Å². The van der Waals surface area contributed by atoms with Crippen LogP contribution in [-0.4, -0.2) is 11.0 Å². The predicted molar refractivity (Wildman–Crippen MR) is 99.3 cm³/mol. The van der Waals surface area contributed by atoms with Gasteiger partial charge in [0.05, 0.1) is 17.9 Å². The van der Waals surface area contributed by atoms with Gasteiger partial charge in [0.1, 0.15) is 0 Å². The first kappa shape index (κ1) is 15.1. The van der Waals surface area contributed by atoms with Gasteiger partial charge in [-0.25, -0.2) is 0 Å². The molecule has 1 aliphatic rings. The molecule has 3 heteroatoms. The highest BCUT2D eigenvalue weighted by molar-refractivity contribution is 5.51. The molecule has 1 aliphatic heterocycles. The highest BCUT2D eigenvalue weighted by Gasteiger charge is 2.21. The average molecular weight is 305 g/mol. The average Bonchev–Trinajstić information content (AvgIpc) is 2.63. The van der Waals surface area contributed by atoms with E-state index in [9.17, 15) is 0 Å². The minimum Gasteiger partial charge on any atom is -0.362 e. The fourth-order valence-electron chi connectivity index (χ4n) is 2.72. The Labute approximate surface area is 139 Å². The number of benzene rings is 1. The maximum atomic E-state index is 4.20. The van der Waals surface area contributed by atoms with Crippen LogP contribution in [-0.2, 0) is 0 Å². The van der Waals surface area contributed by atoms with Crippen molar-refractivity contribution in [1.29, 1.82) is 0 Å². The van der Waals surface area contributed by atoms with Crippen LogP contribution in [0.3, 0.4) is 0 Å². The molecule has 1 aromatic carbocycles. The Hall–Kier alpha value is -2.81. The third-order valence-electron chi connectivity index (χ3n) is 3.95. The van der Waals surface area contributed by atoms with Gasteiger partial charge in [-0.2, -0.15) is 0 Å². The van der Waals surface area contributed by atoms with Crippen LogP contribution in [0.1, 0.15) is 7.85 Å². The zero-order valence-corrected chi connectivity index (χ0v) is 13.0. The number of rotatable bonds is 5. The minimum absolute atomic E-state index is 0. The van der Waals surface area contributed by atoms with E-state index < -0.39 is 0 Å². The molecule has 2 aromatic rings. The second-order valence-electron chi connectivity index (χ2n) is 5.53. The number of nitrogens with zero attached hydrogens (tertiary/aromatic N) is 2. The van der Waals surface area contributed by atoms with Gasteiger partial charge in [0.2, 0.25) is 0 Å². The van der Waals surface area contributed by atoms with Crippen molar-refractivity contribution < 1.29 is 1.43 Å². The molecule has 1 N–H and O–H groups in total. The van der Waals surface area contributed by atoms with Crippen LogP contribution in [0.15, 0.2) is 92.1 Å². The first-order valence-electron chi connectivity index (χ1n) is 7.84. The van der Waals surface area contributed by atoms with Crippen LogP contribution in [0.2, 0.25) is 0 Å². The summed E-state index contributed by atoms with van der Waals surface area (Å²) in [6, 6.07) is 14.5. The third-order valence-corrected chi connectivity index (χ3v) is 3.95. The number of pyridine rings is 1. The summed E-state index contributed by atoms with van der Waals surface area (Å²) in [4.78, 5) is 6.41. The van der Waals surface area contributed by atoms with E-state index in [-0.39, 0.29) is 7.47 Å². The SMILES string of the molecule is C=CC1CC(/C=C/Nc2ccccc2)C=CN1c1cccnc1.[HH]. The van der Waals surface area contributed by atoms with E-state index in [0.717, 1.165) is 17.8 Å². The number of nitrogens with one attached hydrogen (secondary N) is 1. The molecular weight excluding hydrogens is 282 g/mol. The maximum absolute atomic E-state index is 4.20. The lowest BCUT2D eigenvalue weighted by Gasteiger charge is -2.33. The Morgan fingerprint density at radius 1 is 1.22 bits per heavy atom. The van der Waals surface area contributed by atoms with Crippen LogP contribution in [0.4, 0.5) is 11.4 Å². The van der Waals surface area contributed by atoms with Gasteiger partial charge in [-0.1, -0.05) is 36.4 Å². The highest BCUT2D eigenvalue weighted by Crippen LogP contribution is 2.27. The van der Waals surface area contributed by atoms with E-state index in [2.05, 4.69) is 58.3 Å². The molecule has 0 amide bonds. The van der Waals surface area contributed by atoms with Crippen LogP contribution < -0.4 is 10.2 Å². The molecule has 0 saturated heterocycles. The molecule has 1 aromatic heterocycles. The Morgan fingerprint density at radius 2 is 2.09 bits per heavy atom. The van der Waals surface area contributed by atoms with Gasteiger partial charge in [-0.3, -0.25) is 4.98 Å². The fraction of sp³-hybridized carbons (Fsp3) is 0.150. The quantitative estimate of drug-likeness (QED) is 0.801. The Morgan fingerprint density at radius 3 is 2.83 bits per heavy atom. The standard InChI is InChI=1S/C20H21N3.H2/c1-2-19-15-17(10-13-22-18-7-4-3-5-8-18)11-14-23(19)20-9-6-12-21-16-20;/h2-14,16-17,19,22H,1,15H2;1H/b13-10+;. The molecule has 2 heterocycles. The van der Waals surface area contributed by atoms with Gasteiger partial charge in [-0.15, -0.1) is 6.58 Å². The van der Waals surface area contributed by atoms with E-state index in [0.29, 0.717) is 5.92 Å². The van der Waals surface area contributed by atoms with Crippen molar-refractivity contribution in [2.75, 3.05) is 10.2 Å². The maximum Gasteiger partial charge on any atom is 0.0598 e. The van der Waals surface area contributed by atoms with Gasteiger partial charge in [0.25, 0.3) is 0 Å². The molecule has 0 aliphatic carbocycles. The fourth-order valence-corrected chi connectivity index (χ4v) is 2.72. The molecule has 0 saturated carbocycles. The zero-order valence-electron chi connectivity index (χ0n) is 13.0. The number of hydrogen-bond acceptors (Lipinski definition) is 3.